The van der Waals surface area contributed by atoms with E-state index in [0.717, 1.165) is 0 Å². The minimum absolute atomic E-state index is 0.0434. The Hall–Kier alpha value is -1.12. The zero-order chi connectivity index (χ0) is 22.3. The molecule has 0 aliphatic rings. The van der Waals surface area contributed by atoms with Crippen molar-refractivity contribution in [1.29, 1.82) is 0 Å². The molecule has 1 aromatic carbocycles. The largest absolute Gasteiger partial charge is 0.444 e. The van der Waals surface area contributed by atoms with Crippen LogP contribution in [0.2, 0.25) is 0 Å². The Morgan fingerprint density at radius 3 is 2.14 bits per heavy atom. The van der Waals surface area contributed by atoms with Crippen LogP contribution in [0.5, 0.6) is 0 Å². The van der Waals surface area contributed by atoms with Crippen molar-refractivity contribution in [3.63, 3.8) is 0 Å². The van der Waals surface area contributed by atoms with Crippen LogP contribution < -0.4 is 5.32 Å². The van der Waals surface area contributed by atoms with Crippen molar-refractivity contribution in [2.24, 2.45) is 0 Å². The number of ether oxygens (including phenoxy) is 1. The van der Waals surface area contributed by atoms with Crippen molar-refractivity contribution in [2.75, 3.05) is 13.2 Å². The molecule has 1 amide bonds. The summed E-state index contributed by atoms with van der Waals surface area (Å²) in [6.45, 7) is 3.95. The first-order valence-electron chi connectivity index (χ1n) is 9.34. The summed E-state index contributed by atoms with van der Waals surface area (Å²) in [6, 6.07) is 6.82. The summed E-state index contributed by atoms with van der Waals surface area (Å²) < 4.78 is 45.7. The number of halogens is 2. The minimum Gasteiger partial charge on any atom is -0.444 e. The number of aliphatic hydroxyl groups is 1. The Bertz CT molecular complexity index is 690. The second-order valence-corrected chi connectivity index (χ2v) is 10.9. The van der Waals surface area contributed by atoms with Gasteiger partial charge in [-0.2, -0.15) is 8.78 Å². The van der Waals surface area contributed by atoms with Gasteiger partial charge in [0.1, 0.15) is 5.60 Å². The number of rotatable bonds is 10. The molecule has 0 aromatic heterocycles. The van der Waals surface area contributed by atoms with Crippen molar-refractivity contribution >= 4 is 24.4 Å². The number of benzene rings is 1. The third-order valence-electron chi connectivity index (χ3n) is 3.69. The van der Waals surface area contributed by atoms with Crippen LogP contribution in [0.3, 0.4) is 0 Å². The van der Waals surface area contributed by atoms with Gasteiger partial charge in [0.15, 0.2) is 0 Å². The molecule has 0 aliphatic carbocycles. The highest BCUT2D eigenvalue weighted by Crippen LogP contribution is 2.64. The van der Waals surface area contributed by atoms with Crippen molar-refractivity contribution < 1.29 is 32.5 Å². The number of hydrogen-bond acceptors (Lipinski definition) is 6. The van der Waals surface area contributed by atoms with Crippen LogP contribution in [0.15, 0.2) is 30.3 Å². The monoisotopic (exact) mass is 453 g/mol. The molecule has 29 heavy (non-hydrogen) atoms. The maximum atomic E-state index is 15.2. The Morgan fingerprint density at radius 1 is 1.17 bits per heavy atom. The molecule has 0 bridgehead atoms. The van der Waals surface area contributed by atoms with Crippen molar-refractivity contribution in [1.82, 2.24) is 5.32 Å². The Kier molecular flexibility index (Phi) is 9.63. The van der Waals surface area contributed by atoms with Crippen LogP contribution in [0.25, 0.3) is 0 Å². The number of aliphatic hydroxyl groups excluding tert-OH is 1. The third kappa shape index (κ3) is 7.90. The summed E-state index contributed by atoms with van der Waals surface area (Å²) in [5, 5.41) is 13.1. The van der Waals surface area contributed by atoms with E-state index < -0.39 is 42.4 Å². The van der Waals surface area contributed by atoms with E-state index in [1.54, 1.807) is 65.0 Å². The number of amides is 1. The third-order valence-corrected chi connectivity index (χ3v) is 7.30. The van der Waals surface area contributed by atoms with Gasteiger partial charge in [-0.15, -0.1) is 0 Å². The van der Waals surface area contributed by atoms with Gasteiger partial charge < -0.3 is 24.2 Å². The molecule has 0 saturated heterocycles. The van der Waals surface area contributed by atoms with Crippen molar-refractivity contribution in [3.8, 4) is 0 Å². The van der Waals surface area contributed by atoms with Gasteiger partial charge >= 0.3 is 11.8 Å². The van der Waals surface area contributed by atoms with Crippen LogP contribution >= 0.6 is 6.49 Å². The molecular formula is C19H30F2NO5PS. The zero-order valence-corrected chi connectivity index (χ0v) is 19.1. The standard InChI is InChI=1S/C19H30F2NO5PS/c1-6-25-28(29,26-7-2)19(20,21)13-15(22-17(24)27-18(3,4)5)16(23)14-11-9-8-10-12-14/h8-12,15-16,23H,6-7,13H2,1-5H3,(H,22,24)/t15-,16+/m1/s1. The lowest BCUT2D eigenvalue weighted by Crippen LogP contribution is -2.45. The average Bonchev–Trinajstić information content (AvgIpc) is 2.59. The lowest BCUT2D eigenvalue weighted by molar-refractivity contribution is 0.00683. The Balaban J connectivity index is 3.18. The van der Waals surface area contributed by atoms with Crippen molar-refractivity contribution in [3.05, 3.63) is 35.9 Å². The van der Waals surface area contributed by atoms with Crippen LogP contribution in [-0.4, -0.2) is 41.7 Å². The highest BCUT2D eigenvalue weighted by molar-refractivity contribution is 8.10. The molecule has 0 saturated carbocycles. The van der Waals surface area contributed by atoms with Gasteiger partial charge in [0.2, 0.25) is 0 Å². The smallest absolute Gasteiger partial charge is 0.407 e. The van der Waals surface area contributed by atoms with Gasteiger partial charge in [-0.05, 0) is 52.0 Å². The molecule has 2 atom stereocenters. The van der Waals surface area contributed by atoms with Crippen LogP contribution in [-0.2, 0) is 25.6 Å². The molecule has 0 unspecified atom stereocenters. The summed E-state index contributed by atoms with van der Waals surface area (Å²) in [6.07, 6.45) is -3.31. The summed E-state index contributed by atoms with van der Waals surface area (Å²) in [5.41, 5.74) is -4.06. The maximum absolute atomic E-state index is 15.2. The summed E-state index contributed by atoms with van der Waals surface area (Å²) in [7, 11) is 0. The quantitative estimate of drug-likeness (QED) is 0.487. The van der Waals surface area contributed by atoms with Crippen LogP contribution in [0, 0.1) is 0 Å². The Labute approximate surface area is 176 Å². The maximum Gasteiger partial charge on any atom is 0.407 e. The first-order chi connectivity index (χ1) is 13.3. The first-order valence-corrected chi connectivity index (χ1v) is 12.0. The SMILES string of the molecule is CCOP(=S)(OCC)C(F)(F)C[C@@H](NC(=O)OC(C)(C)C)[C@@H](O)c1ccccc1. The molecule has 10 heteroatoms. The zero-order valence-electron chi connectivity index (χ0n) is 17.4. The number of carbonyl (C=O) groups excluding carboxylic acids is 1. The fourth-order valence-electron chi connectivity index (χ4n) is 2.53. The van der Waals surface area contributed by atoms with Gasteiger partial charge in [0.25, 0.3) is 6.49 Å². The van der Waals surface area contributed by atoms with Gasteiger partial charge in [0.05, 0.1) is 25.4 Å². The van der Waals surface area contributed by atoms with E-state index in [4.69, 9.17) is 25.6 Å². The number of carbonyl (C=O) groups is 1. The second-order valence-electron chi connectivity index (χ2n) is 7.31. The molecule has 2 N–H and O–H groups in total. The topological polar surface area (TPSA) is 77.0 Å². The molecule has 166 valence electrons. The van der Waals surface area contributed by atoms with E-state index in [2.05, 4.69) is 5.32 Å². The van der Waals surface area contributed by atoms with Gasteiger partial charge in [-0.1, -0.05) is 30.3 Å². The number of nitrogens with one attached hydrogen (secondary N) is 1. The van der Waals surface area contributed by atoms with E-state index in [-0.39, 0.29) is 13.2 Å². The average molecular weight is 453 g/mol. The molecule has 0 radical (unpaired) electrons. The fraction of sp³-hybridized carbons (Fsp3) is 0.632. The molecule has 1 aromatic rings. The molecule has 6 nitrogen and oxygen atoms in total. The second kappa shape index (κ2) is 10.8. The minimum atomic E-state index is -4.00. The lowest BCUT2D eigenvalue weighted by Gasteiger charge is -2.34. The first kappa shape index (κ1) is 25.9. The number of hydrogen-bond donors (Lipinski definition) is 2. The van der Waals surface area contributed by atoms with Crippen LogP contribution in [0.4, 0.5) is 13.6 Å². The number of alkyl carbamates (subject to hydrolysis) is 1. The summed E-state index contributed by atoms with van der Waals surface area (Å²) in [5.74, 6) is 0. The molecule has 0 aliphatic heterocycles. The molecule has 1 rings (SSSR count). The molecule has 0 fully saturated rings. The molecule has 0 heterocycles. The van der Waals surface area contributed by atoms with Gasteiger partial charge in [0, 0.05) is 6.42 Å². The molecular weight excluding hydrogens is 423 g/mol. The van der Waals surface area contributed by atoms with Crippen molar-refractivity contribution in [2.45, 2.75) is 64.4 Å². The normalized spacial score (nSPS) is 14.9. The summed E-state index contributed by atoms with van der Waals surface area (Å²) in [4.78, 5) is 12.2. The summed E-state index contributed by atoms with van der Waals surface area (Å²) >= 11 is 5.05. The van der Waals surface area contributed by atoms with Gasteiger partial charge in [-0.3, -0.25) is 0 Å². The van der Waals surface area contributed by atoms with Gasteiger partial charge in [-0.25, -0.2) is 4.79 Å². The van der Waals surface area contributed by atoms with Crippen LogP contribution in [0.1, 0.15) is 52.7 Å². The Morgan fingerprint density at radius 2 is 1.69 bits per heavy atom. The fourth-order valence-corrected chi connectivity index (χ4v) is 4.93. The predicted octanol–water partition coefficient (Wildman–Crippen LogP) is 4.98. The van der Waals surface area contributed by atoms with E-state index in [1.807, 2.05) is 0 Å². The van der Waals surface area contributed by atoms with E-state index >= 15 is 8.78 Å². The van der Waals surface area contributed by atoms with E-state index in [0.29, 0.717) is 5.56 Å². The highest BCUT2D eigenvalue weighted by Gasteiger charge is 2.51. The molecule has 0 spiro atoms. The van der Waals surface area contributed by atoms with E-state index in [9.17, 15) is 9.90 Å². The predicted molar refractivity (Wildman–Crippen MR) is 112 cm³/mol. The van der Waals surface area contributed by atoms with E-state index in [1.165, 1.54) is 0 Å². The lowest BCUT2D eigenvalue weighted by atomic mass is 10.00. The highest BCUT2D eigenvalue weighted by atomic mass is 32.5. The number of alkyl halides is 2.